The summed E-state index contributed by atoms with van der Waals surface area (Å²) in [5.74, 6) is -0.207. The molecule has 0 fully saturated rings. The molecule has 8 heteroatoms. The zero-order valence-corrected chi connectivity index (χ0v) is 16.7. The number of rotatable bonds is 6. The van der Waals surface area contributed by atoms with Gasteiger partial charge in [0.15, 0.2) is 0 Å². The highest BCUT2D eigenvalue weighted by molar-refractivity contribution is 7.92. The van der Waals surface area contributed by atoms with E-state index in [0.717, 1.165) is 5.56 Å². The standard InChI is InChI=1S/C19H21ClN2O4S/c1-13(12-26-2)21-19(23)15-3-8-18-14(11-15)9-10-22(18)27(24,25)17-6-4-16(20)5-7-17/h3-8,11,13H,9-10,12H2,1-2H3,(H,21,23)/t13-/m0/s1. The lowest BCUT2D eigenvalue weighted by molar-refractivity contribution is 0.0905. The van der Waals surface area contributed by atoms with E-state index < -0.39 is 10.0 Å². The number of hydrogen-bond donors (Lipinski definition) is 1. The van der Waals surface area contributed by atoms with Crippen LogP contribution in [-0.4, -0.2) is 40.6 Å². The van der Waals surface area contributed by atoms with Crippen LogP contribution in [0.5, 0.6) is 0 Å². The molecule has 1 heterocycles. The Balaban J connectivity index is 1.84. The molecule has 0 bridgehead atoms. The average molecular weight is 409 g/mol. The molecule has 1 aliphatic rings. The number of fused-ring (bicyclic) bond motifs is 1. The van der Waals surface area contributed by atoms with Gasteiger partial charge in [-0.2, -0.15) is 0 Å². The van der Waals surface area contributed by atoms with Crippen LogP contribution in [-0.2, 0) is 21.2 Å². The SMILES string of the molecule is COC[C@H](C)NC(=O)c1ccc2c(c1)CCN2S(=O)(=O)c1ccc(Cl)cc1. The van der Waals surface area contributed by atoms with Gasteiger partial charge in [-0.1, -0.05) is 11.6 Å². The minimum absolute atomic E-state index is 0.113. The normalized spacial score (nSPS) is 14.7. The van der Waals surface area contributed by atoms with Crippen molar-refractivity contribution in [3.63, 3.8) is 0 Å². The fraction of sp³-hybridized carbons (Fsp3) is 0.316. The Kier molecular flexibility index (Phi) is 5.74. The van der Waals surface area contributed by atoms with E-state index in [9.17, 15) is 13.2 Å². The number of hydrogen-bond acceptors (Lipinski definition) is 4. The highest BCUT2D eigenvalue weighted by atomic mass is 35.5. The first-order valence-corrected chi connectivity index (χ1v) is 10.4. The van der Waals surface area contributed by atoms with Crippen molar-refractivity contribution >= 4 is 33.2 Å². The van der Waals surface area contributed by atoms with E-state index in [1.165, 1.54) is 16.4 Å². The number of benzene rings is 2. The predicted molar refractivity (Wildman–Crippen MR) is 105 cm³/mol. The third-order valence-electron chi connectivity index (χ3n) is 4.39. The van der Waals surface area contributed by atoms with Gasteiger partial charge in [-0.15, -0.1) is 0 Å². The van der Waals surface area contributed by atoms with Crippen molar-refractivity contribution in [1.29, 1.82) is 0 Å². The van der Waals surface area contributed by atoms with Crippen LogP contribution in [0.4, 0.5) is 5.69 Å². The molecule has 1 amide bonds. The van der Waals surface area contributed by atoms with Crippen LogP contribution in [0.25, 0.3) is 0 Å². The molecule has 1 N–H and O–H groups in total. The summed E-state index contributed by atoms with van der Waals surface area (Å²) in [6.07, 6.45) is 0.552. The fourth-order valence-electron chi connectivity index (χ4n) is 3.09. The van der Waals surface area contributed by atoms with Crippen molar-refractivity contribution in [2.24, 2.45) is 0 Å². The Morgan fingerprint density at radius 1 is 1.26 bits per heavy atom. The lowest BCUT2D eigenvalue weighted by Crippen LogP contribution is -2.35. The van der Waals surface area contributed by atoms with E-state index in [2.05, 4.69) is 5.32 Å². The molecular weight excluding hydrogens is 388 g/mol. The van der Waals surface area contributed by atoms with Crippen molar-refractivity contribution in [2.75, 3.05) is 24.6 Å². The van der Waals surface area contributed by atoms with E-state index in [1.54, 1.807) is 37.4 Å². The van der Waals surface area contributed by atoms with Crippen LogP contribution >= 0.6 is 11.6 Å². The molecule has 0 saturated carbocycles. The Hall–Kier alpha value is -2.09. The number of amides is 1. The van der Waals surface area contributed by atoms with E-state index >= 15 is 0 Å². The van der Waals surface area contributed by atoms with E-state index in [0.29, 0.717) is 35.8 Å². The number of carbonyl (C=O) groups is 1. The molecule has 1 atom stereocenters. The number of methoxy groups -OCH3 is 1. The Morgan fingerprint density at radius 2 is 1.96 bits per heavy atom. The van der Waals surface area contributed by atoms with Gasteiger partial charge in [0.25, 0.3) is 15.9 Å². The molecule has 2 aromatic carbocycles. The number of nitrogens with zero attached hydrogens (tertiary/aromatic N) is 1. The Morgan fingerprint density at radius 3 is 2.63 bits per heavy atom. The summed E-state index contributed by atoms with van der Waals surface area (Å²) in [4.78, 5) is 12.5. The number of carbonyl (C=O) groups excluding carboxylic acids is 1. The van der Waals surface area contributed by atoms with Crippen LogP contribution < -0.4 is 9.62 Å². The quantitative estimate of drug-likeness (QED) is 0.797. The van der Waals surface area contributed by atoms with Gasteiger partial charge in [0.2, 0.25) is 0 Å². The molecule has 0 saturated heterocycles. The molecular formula is C19H21ClN2O4S. The van der Waals surface area contributed by atoms with Crippen LogP contribution in [0.1, 0.15) is 22.8 Å². The summed E-state index contributed by atoms with van der Waals surface area (Å²) in [6, 6.07) is 11.1. The summed E-state index contributed by atoms with van der Waals surface area (Å²) in [6.45, 7) is 2.62. The second kappa shape index (κ2) is 7.88. The molecule has 0 aromatic heterocycles. The number of ether oxygens (including phenoxy) is 1. The molecule has 0 spiro atoms. The van der Waals surface area contributed by atoms with Crippen molar-refractivity contribution in [2.45, 2.75) is 24.3 Å². The third kappa shape index (κ3) is 4.10. The second-order valence-corrected chi connectivity index (χ2v) is 8.75. The number of nitrogens with one attached hydrogen (secondary N) is 1. The molecule has 0 radical (unpaired) electrons. The monoisotopic (exact) mass is 408 g/mol. The Bertz CT molecular complexity index is 945. The summed E-state index contributed by atoms with van der Waals surface area (Å²) in [5.41, 5.74) is 1.94. The third-order valence-corrected chi connectivity index (χ3v) is 6.47. The summed E-state index contributed by atoms with van der Waals surface area (Å²) < 4.78 is 32.3. The molecule has 3 rings (SSSR count). The molecule has 2 aromatic rings. The molecule has 27 heavy (non-hydrogen) atoms. The zero-order chi connectivity index (χ0) is 19.6. The van der Waals surface area contributed by atoms with E-state index in [1.807, 2.05) is 6.92 Å². The van der Waals surface area contributed by atoms with Crippen LogP contribution in [0.2, 0.25) is 5.02 Å². The van der Waals surface area contributed by atoms with Gasteiger partial charge in [0, 0.05) is 30.3 Å². The van der Waals surface area contributed by atoms with E-state index in [4.69, 9.17) is 16.3 Å². The molecule has 144 valence electrons. The Labute approximate surface area is 164 Å². The first-order chi connectivity index (χ1) is 12.8. The smallest absolute Gasteiger partial charge is 0.264 e. The van der Waals surface area contributed by atoms with Gasteiger partial charge < -0.3 is 10.1 Å². The zero-order valence-electron chi connectivity index (χ0n) is 15.1. The minimum atomic E-state index is -3.67. The van der Waals surface area contributed by atoms with Gasteiger partial charge in [-0.05, 0) is 61.4 Å². The summed E-state index contributed by atoms with van der Waals surface area (Å²) >= 11 is 5.85. The maximum absolute atomic E-state index is 12.9. The van der Waals surface area contributed by atoms with Crippen molar-refractivity contribution in [3.05, 3.63) is 58.6 Å². The van der Waals surface area contributed by atoms with Crippen molar-refractivity contribution < 1.29 is 17.9 Å². The van der Waals surface area contributed by atoms with Gasteiger partial charge in [-0.3, -0.25) is 9.10 Å². The van der Waals surface area contributed by atoms with Crippen molar-refractivity contribution in [3.8, 4) is 0 Å². The number of sulfonamides is 1. The molecule has 6 nitrogen and oxygen atoms in total. The van der Waals surface area contributed by atoms with Crippen LogP contribution in [0.3, 0.4) is 0 Å². The van der Waals surface area contributed by atoms with E-state index in [-0.39, 0.29) is 16.8 Å². The topological polar surface area (TPSA) is 75.7 Å². The highest BCUT2D eigenvalue weighted by Gasteiger charge is 2.31. The first kappa shape index (κ1) is 19.7. The maximum Gasteiger partial charge on any atom is 0.264 e. The van der Waals surface area contributed by atoms with Gasteiger partial charge in [0.05, 0.1) is 17.2 Å². The largest absolute Gasteiger partial charge is 0.383 e. The maximum atomic E-state index is 12.9. The number of anilines is 1. The van der Waals surface area contributed by atoms with Gasteiger partial charge in [0.1, 0.15) is 0 Å². The van der Waals surface area contributed by atoms with Gasteiger partial charge in [-0.25, -0.2) is 8.42 Å². The molecule has 1 aliphatic heterocycles. The lowest BCUT2D eigenvalue weighted by Gasteiger charge is -2.20. The minimum Gasteiger partial charge on any atom is -0.383 e. The highest BCUT2D eigenvalue weighted by Crippen LogP contribution is 2.33. The predicted octanol–water partition coefficient (Wildman–Crippen LogP) is 2.86. The first-order valence-electron chi connectivity index (χ1n) is 8.54. The summed E-state index contributed by atoms with van der Waals surface area (Å²) in [5, 5.41) is 3.33. The summed E-state index contributed by atoms with van der Waals surface area (Å²) in [7, 11) is -2.09. The van der Waals surface area contributed by atoms with Crippen LogP contribution in [0, 0.1) is 0 Å². The van der Waals surface area contributed by atoms with Crippen LogP contribution in [0.15, 0.2) is 47.4 Å². The average Bonchev–Trinajstić information content (AvgIpc) is 3.06. The second-order valence-electron chi connectivity index (χ2n) is 6.45. The van der Waals surface area contributed by atoms with Crippen molar-refractivity contribution in [1.82, 2.24) is 5.32 Å². The lowest BCUT2D eigenvalue weighted by atomic mass is 10.1. The molecule has 0 aliphatic carbocycles. The fourth-order valence-corrected chi connectivity index (χ4v) is 4.72. The number of halogens is 1. The van der Waals surface area contributed by atoms with Gasteiger partial charge >= 0.3 is 0 Å². The molecule has 0 unspecified atom stereocenters.